The molecule has 7 nitrogen and oxygen atoms in total. The van der Waals surface area contributed by atoms with E-state index >= 15 is 0 Å². The number of fused-ring (bicyclic) bond motifs is 1. The summed E-state index contributed by atoms with van der Waals surface area (Å²) in [6, 6.07) is 7.74. The standard InChI is InChI=1S/C18H21N5O2S/c1-3-23-16(9-8-15(19)24)21-22-18(23)26-11(2)17(25)13-10-20-14-7-5-4-6-12(13)14/h4-7,10-11,20H,3,8-9H2,1-2H3,(H2,19,24)/t11-/m1/s1. The number of aromatic nitrogens is 4. The number of aromatic amines is 1. The molecule has 0 fully saturated rings. The minimum atomic E-state index is -0.368. The minimum Gasteiger partial charge on any atom is -0.370 e. The zero-order chi connectivity index (χ0) is 18.7. The van der Waals surface area contributed by atoms with Crippen molar-refractivity contribution in [2.75, 3.05) is 0 Å². The molecule has 0 unspecified atom stereocenters. The van der Waals surface area contributed by atoms with Gasteiger partial charge < -0.3 is 15.3 Å². The van der Waals surface area contributed by atoms with Gasteiger partial charge in [0.1, 0.15) is 5.82 Å². The topological polar surface area (TPSA) is 107 Å². The Morgan fingerprint density at radius 1 is 1.31 bits per heavy atom. The first-order chi connectivity index (χ1) is 12.5. The van der Waals surface area contributed by atoms with Crippen molar-refractivity contribution in [2.45, 2.75) is 43.6 Å². The molecular weight excluding hydrogens is 350 g/mol. The maximum Gasteiger partial charge on any atom is 0.217 e. The van der Waals surface area contributed by atoms with Crippen molar-refractivity contribution in [3.8, 4) is 0 Å². The number of para-hydroxylation sites is 1. The van der Waals surface area contributed by atoms with Crippen molar-refractivity contribution in [3.63, 3.8) is 0 Å². The number of nitrogens with zero attached hydrogens (tertiary/aromatic N) is 3. The van der Waals surface area contributed by atoms with E-state index in [0.717, 1.165) is 10.9 Å². The van der Waals surface area contributed by atoms with Crippen LogP contribution in [-0.4, -0.2) is 36.7 Å². The Bertz CT molecular complexity index is 946. The van der Waals surface area contributed by atoms with E-state index in [1.165, 1.54) is 11.8 Å². The Morgan fingerprint density at radius 2 is 2.08 bits per heavy atom. The molecule has 3 N–H and O–H groups in total. The number of benzene rings is 1. The van der Waals surface area contributed by atoms with Gasteiger partial charge in [0.25, 0.3) is 0 Å². The summed E-state index contributed by atoms with van der Waals surface area (Å²) in [6.45, 7) is 4.51. The number of H-pyrrole nitrogens is 1. The molecule has 136 valence electrons. The SMILES string of the molecule is CCn1c(CCC(N)=O)nnc1S[C@H](C)C(=O)c1c[nH]c2ccccc12. The Labute approximate surface area is 155 Å². The number of Topliss-reactive ketones (excluding diaryl/α,β-unsaturated/α-hetero) is 1. The average molecular weight is 371 g/mol. The molecule has 1 amide bonds. The summed E-state index contributed by atoms with van der Waals surface area (Å²) in [4.78, 5) is 27.0. The lowest BCUT2D eigenvalue weighted by Crippen LogP contribution is -2.15. The molecule has 1 atom stereocenters. The third-order valence-corrected chi connectivity index (χ3v) is 5.29. The zero-order valence-corrected chi connectivity index (χ0v) is 15.5. The minimum absolute atomic E-state index is 0.0387. The lowest BCUT2D eigenvalue weighted by Gasteiger charge is -2.11. The lowest BCUT2D eigenvalue weighted by atomic mass is 10.1. The van der Waals surface area contributed by atoms with E-state index in [9.17, 15) is 9.59 Å². The number of nitrogens with one attached hydrogen (secondary N) is 1. The van der Waals surface area contributed by atoms with Gasteiger partial charge in [0.2, 0.25) is 5.91 Å². The van der Waals surface area contributed by atoms with Crippen molar-refractivity contribution in [1.29, 1.82) is 0 Å². The molecule has 0 saturated heterocycles. The van der Waals surface area contributed by atoms with Gasteiger partial charge in [-0.3, -0.25) is 9.59 Å². The van der Waals surface area contributed by atoms with E-state index in [4.69, 9.17) is 5.73 Å². The van der Waals surface area contributed by atoms with Crippen LogP contribution in [0.3, 0.4) is 0 Å². The first-order valence-electron chi connectivity index (χ1n) is 8.48. The van der Waals surface area contributed by atoms with Crippen LogP contribution in [-0.2, 0) is 17.8 Å². The van der Waals surface area contributed by atoms with E-state index < -0.39 is 0 Å². The van der Waals surface area contributed by atoms with Gasteiger partial charge in [-0.25, -0.2) is 0 Å². The molecule has 0 bridgehead atoms. The van der Waals surface area contributed by atoms with Crippen molar-refractivity contribution >= 4 is 34.4 Å². The Morgan fingerprint density at radius 3 is 2.81 bits per heavy atom. The van der Waals surface area contributed by atoms with Gasteiger partial charge in [-0.1, -0.05) is 30.0 Å². The van der Waals surface area contributed by atoms with Gasteiger partial charge in [-0.2, -0.15) is 0 Å². The number of aryl methyl sites for hydroxylation is 1. The number of hydrogen-bond acceptors (Lipinski definition) is 5. The maximum atomic E-state index is 12.9. The first-order valence-corrected chi connectivity index (χ1v) is 9.36. The van der Waals surface area contributed by atoms with E-state index in [-0.39, 0.29) is 23.4 Å². The molecule has 0 spiro atoms. The van der Waals surface area contributed by atoms with Crippen LogP contribution >= 0.6 is 11.8 Å². The summed E-state index contributed by atoms with van der Waals surface area (Å²) in [5.74, 6) is 0.380. The number of carbonyl (C=O) groups excluding carboxylic acids is 2. The highest BCUT2D eigenvalue weighted by Crippen LogP contribution is 2.28. The van der Waals surface area contributed by atoms with Gasteiger partial charge in [0.05, 0.1) is 5.25 Å². The van der Waals surface area contributed by atoms with Crippen molar-refractivity contribution in [1.82, 2.24) is 19.7 Å². The second-order valence-corrected chi connectivity index (χ2v) is 7.29. The number of hydrogen-bond donors (Lipinski definition) is 2. The summed E-state index contributed by atoms with van der Waals surface area (Å²) in [5.41, 5.74) is 6.83. The van der Waals surface area contributed by atoms with Crippen molar-refractivity contribution < 1.29 is 9.59 Å². The van der Waals surface area contributed by atoms with Gasteiger partial charge in [0.15, 0.2) is 10.9 Å². The van der Waals surface area contributed by atoms with Crippen LogP contribution in [0.1, 0.15) is 36.5 Å². The smallest absolute Gasteiger partial charge is 0.217 e. The van der Waals surface area contributed by atoms with E-state index in [2.05, 4.69) is 15.2 Å². The Hall–Kier alpha value is -2.61. The molecule has 3 rings (SSSR count). The number of thioether (sulfide) groups is 1. The molecule has 8 heteroatoms. The number of rotatable bonds is 8. The zero-order valence-electron chi connectivity index (χ0n) is 14.7. The first kappa shape index (κ1) is 18.2. The number of amides is 1. The average Bonchev–Trinajstić information content (AvgIpc) is 3.22. The summed E-state index contributed by atoms with van der Waals surface area (Å²) in [7, 11) is 0. The van der Waals surface area contributed by atoms with Gasteiger partial charge in [-0.05, 0) is 19.9 Å². The van der Waals surface area contributed by atoms with Gasteiger partial charge in [-0.15, -0.1) is 10.2 Å². The summed E-state index contributed by atoms with van der Waals surface area (Å²) in [5, 5.41) is 9.63. The third-order valence-electron chi connectivity index (χ3n) is 4.21. The molecule has 2 heterocycles. The van der Waals surface area contributed by atoms with Gasteiger partial charge >= 0.3 is 0 Å². The Kier molecular flexibility index (Phi) is 5.41. The highest BCUT2D eigenvalue weighted by atomic mass is 32.2. The van der Waals surface area contributed by atoms with Crippen LogP contribution in [0.5, 0.6) is 0 Å². The highest BCUT2D eigenvalue weighted by molar-refractivity contribution is 8.00. The molecule has 0 aliphatic carbocycles. The van der Waals surface area contributed by atoms with Gasteiger partial charge in [0, 0.05) is 42.0 Å². The molecule has 2 aromatic heterocycles. The number of primary amides is 1. The normalized spacial score (nSPS) is 12.4. The van der Waals surface area contributed by atoms with Crippen LogP contribution < -0.4 is 5.73 Å². The quantitative estimate of drug-likeness (QED) is 0.467. The molecule has 0 radical (unpaired) electrons. The van der Waals surface area contributed by atoms with E-state index in [1.807, 2.05) is 42.7 Å². The fourth-order valence-corrected chi connectivity index (χ4v) is 3.85. The summed E-state index contributed by atoms with van der Waals surface area (Å²) >= 11 is 1.37. The highest BCUT2D eigenvalue weighted by Gasteiger charge is 2.23. The van der Waals surface area contributed by atoms with Crippen molar-refractivity contribution in [3.05, 3.63) is 41.9 Å². The molecule has 1 aromatic carbocycles. The molecule has 0 saturated carbocycles. The predicted octanol–water partition coefficient (Wildman–Crippen LogP) is 2.56. The number of ketones is 1. The fourth-order valence-electron chi connectivity index (χ4n) is 2.85. The molecular formula is C18H21N5O2S. The largest absolute Gasteiger partial charge is 0.370 e. The molecule has 3 aromatic rings. The monoisotopic (exact) mass is 371 g/mol. The fraction of sp³-hybridized carbons (Fsp3) is 0.333. The third kappa shape index (κ3) is 3.65. The van der Waals surface area contributed by atoms with E-state index in [0.29, 0.717) is 29.5 Å². The molecule has 26 heavy (non-hydrogen) atoms. The molecule has 0 aliphatic heterocycles. The Balaban J connectivity index is 1.78. The van der Waals surface area contributed by atoms with Crippen LogP contribution in [0.25, 0.3) is 10.9 Å². The second kappa shape index (κ2) is 7.74. The van der Waals surface area contributed by atoms with Crippen molar-refractivity contribution in [2.24, 2.45) is 5.73 Å². The van der Waals surface area contributed by atoms with Crippen LogP contribution in [0, 0.1) is 0 Å². The summed E-state index contributed by atoms with van der Waals surface area (Å²) in [6.07, 6.45) is 2.43. The van der Waals surface area contributed by atoms with Crippen LogP contribution in [0.4, 0.5) is 0 Å². The lowest BCUT2D eigenvalue weighted by molar-refractivity contribution is -0.118. The van der Waals surface area contributed by atoms with Crippen LogP contribution in [0.2, 0.25) is 0 Å². The summed E-state index contributed by atoms with van der Waals surface area (Å²) < 4.78 is 1.92. The maximum absolute atomic E-state index is 12.9. The second-order valence-electron chi connectivity index (χ2n) is 5.98. The van der Waals surface area contributed by atoms with Crippen LogP contribution in [0.15, 0.2) is 35.6 Å². The van der Waals surface area contributed by atoms with E-state index in [1.54, 1.807) is 6.20 Å². The number of carbonyl (C=O) groups is 2. The predicted molar refractivity (Wildman–Crippen MR) is 101 cm³/mol. The number of nitrogens with two attached hydrogens (primary N) is 1. The molecule has 0 aliphatic rings.